The molecule has 0 amide bonds. The summed E-state index contributed by atoms with van der Waals surface area (Å²) < 4.78 is 0. The molecule has 0 atom stereocenters. The number of hydrogen-bond donors (Lipinski definition) is 0. The zero-order valence-corrected chi connectivity index (χ0v) is 6.57. The fraction of sp³-hybridized carbons (Fsp3) is 0. The van der Waals surface area contributed by atoms with Crippen LogP contribution < -0.4 is 0 Å². The summed E-state index contributed by atoms with van der Waals surface area (Å²) in [5.41, 5.74) is 0. The van der Waals surface area contributed by atoms with Crippen LogP contribution in [0.2, 0.25) is 0 Å². The van der Waals surface area contributed by atoms with Crippen LogP contribution in [-0.2, 0) is 19.5 Å². The van der Waals surface area contributed by atoms with E-state index in [0.717, 1.165) is 0 Å². The molecule has 56 valence electrons. The maximum Gasteiger partial charge on any atom is 2.00 e. The van der Waals surface area contributed by atoms with Gasteiger partial charge in [0.05, 0.1) is 0 Å². The van der Waals surface area contributed by atoms with Gasteiger partial charge in [0.1, 0.15) is 0 Å². The van der Waals surface area contributed by atoms with Crippen molar-refractivity contribution >= 4 is 11.0 Å². The van der Waals surface area contributed by atoms with Crippen molar-refractivity contribution < 1.29 is 52.3 Å². The van der Waals surface area contributed by atoms with Gasteiger partial charge in [0, 0.05) is 0 Å². The van der Waals surface area contributed by atoms with E-state index in [-0.39, 0.29) is 63.3 Å². The second-order valence-electron chi connectivity index (χ2n) is 0. The third kappa shape index (κ3) is 575. The van der Waals surface area contributed by atoms with Crippen molar-refractivity contribution in [3.05, 3.63) is 0 Å². The Morgan fingerprint density at radius 1 is 0.500 bits per heavy atom. The van der Waals surface area contributed by atoms with E-state index in [1.165, 1.54) is 0 Å². The fourth-order valence-corrected chi connectivity index (χ4v) is 0. The minimum atomic E-state index is 0. The molecule has 0 unspecified atom stereocenters. The van der Waals surface area contributed by atoms with E-state index in [2.05, 4.69) is 0 Å². The topological polar surface area (TPSA) is 186 Å². The summed E-state index contributed by atoms with van der Waals surface area (Å²) in [6.45, 7) is 0. The Kier molecular flexibility index (Phi) is 158000. The molecule has 0 saturated carbocycles. The Balaban J connectivity index is 0. The van der Waals surface area contributed by atoms with Crippen molar-refractivity contribution in [3.8, 4) is 0 Å². The Morgan fingerprint density at radius 3 is 0.500 bits per heavy atom. The summed E-state index contributed by atoms with van der Waals surface area (Å²) in [5, 5.41) is 0. The number of hydrogen-bond acceptors (Lipinski definition) is 2. The van der Waals surface area contributed by atoms with Crippen molar-refractivity contribution in [2.75, 3.05) is 0 Å². The molecule has 0 aromatic rings. The quantitative estimate of drug-likeness (QED) is 0.357. The van der Waals surface area contributed by atoms with Crippen LogP contribution in [0.1, 0.15) is 0 Å². The molecule has 10 N–H and O–H groups in total. The molecule has 0 aliphatic carbocycles. The van der Waals surface area contributed by atoms with Crippen molar-refractivity contribution in [2.45, 2.75) is 0 Å². The minimum Gasteiger partial charge on any atom is -0.870 e. The van der Waals surface area contributed by atoms with E-state index < -0.39 is 0 Å². The summed E-state index contributed by atoms with van der Waals surface area (Å²) in [7, 11) is 0. The van der Waals surface area contributed by atoms with Crippen LogP contribution >= 0.6 is 0 Å². The zero-order chi connectivity index (χ0) is 0. The second-order valence-corrected chi connectivity index (χ2v) is 0. The average molecular weight is 204 g/mol. The second kappa shape index (κ2) is 919. The van der Waals surface area contributed by atoms with E-state index in [1.54, 1.807) is 0 Å². The Morgan fingerprint density at radius 2 is 0.500 bits per heavy atom. The van der Waals surface area contributed by atoms with Gasteiger partial charge in [0.15, 0.2) is 0 Å². The van der Waals surface area contributed by atoms with Crippen LogP contribution in [0.5, 0.6) is 0 Å². The van der Waals surface area contributed by atoms with E-state index >= 15 is 0 Å². The van der Waals surface area contributed by atoms with Gasteiger partial charge in [-0.1, -0.05) is 0 Å². The van der Waals surface area contributed by atoms with Gasteiger partial charge in [-0.15, -0.1) is 0 Å². The average Bonchev–Trinajstić information content (AvgIpc) is 0. The molecule has 0 aromatic carbocycles. The number of rotatable bonds is 0. The summed E-state index contributed by atoms with van der Waals surface area (Å²) in [6.07, 6.45) is 0. The predicted molar refractivity (Wildman–Crippen MR) is 29.7 cm³/mol. The summed E-state index contributed by atoms with van der Waals surface area (Å²) >= 11 is 0. The van der Waals surface area contributed by atoms with Crippen molar-refractivity contribution in [3.63, 3.8) is 0 Å². The van der Waals surface area contributed by atoms with Crippen LogP contribution in [-0.4, -0.2) is 43.8 Å². The third-order valence-corrected chi connectivity index (χ3v) is 0. The van der Waals surface area contributed by atoms with Crippen LogP contribution in [0.25, 0.3) is 0 Å². The van der Waals surface area contributed by atoms with Crippen LogP contribution in [0.15, 0.2) is 0 Å². The molecule has 8 heteroatoms. The molecule has 0 aromatic heterocycles. The molecule has 0 aliphatic heterocycles. The van der Waals surface area contributed by atoms with Crippen molar-refractivity contribution in [1.29, 1.82) is 0 Å². The molecule has 0 bridgehead atoms. The van der Waals surface area contributed by atoms with Crippen LogP contribution in [0.3, 0.4) is 0 Å². The first-order valence-corrected chi connectivity index (χ1v) is 0. The van der Waals surface area contributed by atoms with Gasteiger partial charge < -0.3 is 32.9 Å². The monoisotopic (exact) mass is 202 g/mol. The van der Waals surface area contributed by atoms with Crippen molar-refractivity contribution in [1.82, 2.24) is 0 Å². The van der Waals surface area contributed by atoms with Gasteiger partial charge in [-0.25, -0.2) is 0 Å². The first-order chi connectivity index (χ1) is 0. The van der Waals surface area contributed by atoms with E-state index in [9.17, 15) is 0 Å². The smallest absolute Gasteiger partial charge is 0.870 e. The summed E-state index contributed by atoms with van der Waals surface area (Å²) in [5.74, 6) is 0. The molecule has 6 nitrogen and oxygen atoms in total. The largest absolute Gasteiger partial charge is 2.00 e. The third-order valence-electron chi connectivity index (χ3n) is 0. The molecule has 0 aliphatic rings. The Bertz CT molecular complexity index is 8.49. The van der Waals surface area contributed by atoms with Gasteiger partial charge in [-0.2, -0.15) is 0 Å². The molecule has 0 spiro atoms. The Hall–Kier alpha value is 0.600. The molecule has 0 saturated heterocycles. The van der Waals surface area contributed by atoms with Crippen molar-refractivity contribution in [2.24, 2.45) is 0 Å². The predicted octanol–water partition coefficient (Wildman–Crippen LogP) is -5.11. The summed E-state index contributed by atoms with van der Waals surface area (Å²) in [6, 6.07) is 0. The van der Waals surface area contributed by atoms with Crippen LogP contribution in [0, 0.1) is 0 Å². The summed E-state index contributed by atoms with van der Waals surface area (Å²) in [4.78, 5) is 0. The van der Waals surface area contributed by atoms with E-state index in [4.69, 9.17) is 0 Å². The Labute approximate surface area is 63.9 Å². The van der Waals surface area contributed by atoms with Gasteiger partial charge in [0.25, 0.3) is 0 Å². The van der Waals surface area contributed by atoms with E-state index in [0.29, 0.717) is 0 Å². The minimum absolute atomic E-state index is 0. The van der Waals surface area contributed by atoms with Gasteiger partial charge in [-0.3, -0.25) is 0 Å². The molecule has 8 heavy (non-hydrogen) atoms. The first kappa shape index (κ1) is 1380. The fourth-order valence-electron chi connectivity index (χ4n) is 0. The zero-order valence-electron chi connectivity index (χ0n) is 3.60. The maximum atomic E-state index is 0. The molecule has 0 rings (SSSR count). The van der Waals surface area contributed by atoms with Crippen LogP contribution in [0.4, 0.5) is 0 Å². The standard InChI is InChI=1S/6H2O.H4Si.Zn/h6*1H2;1H4;/q;;;;;;;+2/p-2. The maximum absolute atomic E-state index is 0. The normalized spacial score (nSPS) is 0. The molecule has 0 fully saturated rings. The molecule has 0 radical (unpaired) electrons. The molecule has 0 heterocycles. The van der Waals surface area contributed by atoms with Gasteiger partial charge in [-0.05, 0) is 11.0 Å². The SMILES string of the molecule is O.O.O.O.[OH-].[OH-].[SiH4].[Zn+2]. The van der Waals surface area contributed by atoms with Gasteiger partial charge in [0.2, 0.25) is 0 Å². The molecular formula is H14O6SiZn. The van der Waals surface area contributed by atoms with E-state index in [1.807, 2.05) is 0 Å². The molecular weight excluding hydrogens is 189 g/mol. The first-order valence-electron chi connectivity index (χ1n) is 0. The van der Waals surface area contributed by atoms with Gasteiger partial charge >= 0.3 is 19.5 Å².